The average Bonchev–Trinajstić information content (AvgIpc) is 2.50. The number of ether oxygens (including phenoxy) is 1. The molecule has 0 aromatic heterocycles. The van der Waals surface area contributed by atoms with Crippen molar-refractivity contribution in [2.45, 2.75) is 6.54 Å². The number of benzene rings is 2. The number of amides is 1. The molecule has 6 heteroatoms. The van der Waals surface area contributed by atoms with Gasteiger partial charge in [-0.2, -0.15) is 0 Å². The van der Waals surface area contributed by atoms with Gasteiger partial charge in [0.15, 0.2) is 6.61 Å². The zero-order valence-electron chi connectivity index (χ0n) is 11.9. The van der Waals surface area contributed by atoms with E-state index in [1.165, 1.54) is 0 Å². The monoisotopic (exact) mass is 357 g/mol. The zero-order chi connectivity index (χ0) is 16.1. The van der Waals surface area contributed by atoms with Gasteiger partial charge in [0.2, 0.25) is 0 Å². The van der Waals surface area contributed by atoms with Gasteiger partial charge < -0.3 is 9.64 Å². The van der Waals surface area contributed by atoms with Gasteiger partial charge >= 0.3 is 0 Å². The van der Waals surface area contributed by atoms with Crippen molar-refractivity contribution < 1.29 is 9.53 Å². The molecule has 0 atom stereocenters. The van der Waals surface area contributed by atoms with Gasteiger partial charge in [-0.05, 0) is 29.8 Å². The van der Waals surface area contributed by atoms with Crippen LogP contribution < -0.4 is 4.74 Å². The standard InChI is InChI=1S/C16H14Cl3NO2/c1-20(9-11-6-7-12(17)14(19)8-11)16(21)10-22-15-5-3-2-4-13(15)18/h2-8H,9-10H2,1H3. The van der Waals surface area contributed by atoms with Crippen LogP contribution in [0.4, 0.5) is 0 Å². The molecular formula is C16H14Cl3NO2. The number of carbonyl (C=O) groups excluding carboxylic acids is 1. The molecule has 2 rings (SSSR count). The first-order valence-corrected chi connectivity index (χ1v) is 7.66. The highest BCUT2D eigenvalue weighted by molar-refractivity contribution is 6.42. The van der Waals surface area contributed by atoms with Crippen LogP contribution in [0.5, 0.6) is 5.75 Å². The van der Waals surface area contributed by atoms with Crippen molar-refractivity contribution in [3.63, 3.8) is 0 Å². The fourth-order valence-corrected chi connectivity index (χ4v) is 2.32. The third kappa shape index (κ3) is 4.54. The smallest absolute Gasteiger partial charge is 0.260 e. The van der Waals surface area contributed by atoms with E-state index in [0.29, 0.717) is 27.4 Å². The summed E-state index contributed by atoms with van der Waals surface area (Å²) in [5.74, 6) is 0.325. The molecule has 0 spiro atoms. The summed E-state index contributed by atoms with van der Waals surface area (Å²) in [7, 11) is 1.70. The lowest BCUT2D eigenvalue weighted by atomic mass is 10.2. The minimum Gasteiger partial charge on any atom is -0.482 e. The van der Waals surface area contributed by atoms with Crippen LogP contribution in [0, 0.1) is 0 Å². The Morgan fingerprint density at radius 3 is 2.45 bits per heavy atom. The summed E-state index contributed by atoms with van der Waals surface area (Å²) in [5, 5.41) is 1.43. The molecule has 116 valence electrons. The highest BCUT2D eigenvalue weighted by Crippen LogP contribution is 2.24. The van der Waals surface area contributed by atoms with E-state index in [0.717, 1.165) is 5.56 Å². The molecule has 1 amide bonds. The molecular weight excluding hydrogens is 345 g/mol. The summed E-state index contributed by atoms with van der Waals surface area (Å²) < 4.78 is 5.43. The molecule has 2 aromatic carbocycles. The number of carbonyl (C=O) groups is 1. The third-order valence-electron chi connectivity index (χ3n) is 3.02. The van der Waals surface area contributed by atoms with Crippen LogP contribution in [0.15, 0.2) is 42.5 Å². The first-order valence-electron chi connectivity index (χ1n) is 6.52. The van der Waals surface area contributed by atoms with Crippen molar-refractivity contribution in [1.82, 2.24) is 4.90 Å². The molecule has 0 fully saturated rings. The van der Waals surface area contributed by atoms with Crippen LogP contribution in [0.25, 0.3) is 0 Å². The van der Waals surface area contributed by atoms with Crippen molar-refractivity contribution in [2.75, 3.05) is 13.7 Å². The fraction of sp³-hybridized carbons (Fsp3) is 0.188. The van der Waals surface area contributed by atoms with Crippen LogP contribution in [-0.2, 0) is 11.3 Å². The van der Waals surface area contributed by atoms with E-state index in [1.54, 1.807) is 48.3 Å². The largest absolute Gasteiger partial charge is 0.482 e. The summed E-state index contributed by atoms with van der Waals surface area (Å²) in [4.78, 5) is 13.6. The Bertz CT molecular complexity index is 676. The first-order chi connectivity index (χ1) is 10.5. The minimum absolute atomic E-state index is 0.0818. The summed E-state index contributed by atoms with van der Waals surface area (Å²) in [6.07, 6.45) is 0. The van der Waals surface area contributed by atoms with Gasteiger partial charge in [-0.1, -0.05) is 53.0 Å². The fourth-order valence-electron chi connectivity index (χ4n) is 1.81. The Morgan fingerprint density at radius 1 is 1.05 bits per heavy atom. The molecule has 0 N–H and O–H groups in total. The second-order valence-corrected chi connectivity index (χ2v) is 5.94. The molecule has 0 unspecified atom stereocenters. The maximum absolute atomic E-state index is 12.1. The van der Waals surface area contributed by atoms with E-state index < -0.39 is 0 Å². The molecule has 3 nitrogen and oxygen atoms in total. The molecule has 0 saturated heterocycles. The SMILES string of the molecule is CN(Cc1ccc(Cl)c(Cl)c1)C(=O)COc1ccccc1Cl. The molecule has 0 aliphatic rings. The number of likely N-dealkylation sites (N-methyl/N-ethyl adjacent to an activating group) is 1. The van der Waals surface area contributed by atoms with Gasteiger partial charge in [0.25, 0.3) is 5.91 Å². The van der Waals surface area contributed by atoms with Crippen molar-refractivity contribution in [3.8, 4) is 5.75 Å². The molecule has 0 radical (unpaired) electrons. The van der Waals surface area contributed by atoms with Crippen molar-refractivity contribution in [1.29, 1.82) is 0 Å². The van der Waals surface area contributed by atoms with E-state index in [9.17, 15) is 4.79 Å². The Kier molecular flexibility index (Phi) is 5.95. The molecule has 0 heterocycles. The maximum Gasteiger partial charge on any atom is 0.260 e. The van der Waals surface area contributed by atoms with Gasteiger partial charge in [0.1, 0.15) is 5.75 Å². The van der Waals surface area contributed by atoms with Crippen molar-refractivity contribution in [3.05, 3.63) is 63.1 Å². The lowest BCUT2D eigenvalue weighted by Crippen LogP contribution is -2.31. The summed E-state index contributed by atoms with van der Waals surface area (Å²) in [6.45, 7) is 0.336. The predicted molar refractivity (Wildman–Crippen MR) is 89.9 cm³/mol. The topological polar surface area (TPSA) is 29.5 Å². The number of rotatable bonds is 5. The number of para-hydroxylation sites is 1. The van der Waals surface area contributed by atoms with Gasteiger partial charge in [-0.3, -0.25) is 4.79 Å². The molecule has 0 aliphatic heterocycles. The number of halogens is 3. The highest BCUT2D eigenvalue weighted by Gasteiger charge is 2.12. The minimum atomic E-state index is -0.161. The Balaban J connectivity index is 1.92. The van der Waals surface area contributed by atoms with E-state index in [2.05, 4.69) is 0 Å². The molecule has 2 aromatic rings. The van der Waals surface area contributed by atoms with Crippen LogP contribution in [0.2, 0.25) is 15.1 Å². The molecule has 0 bridgehead atoms. The quantitative estimate of drug-likeness (QED) is 0.776. The lowest BCUT2D eigenvalue weighted by molar-refractivity contribution is -0.132. The van der Waals surface area contributed by atoms with Crippen LogP contribution >= 0.6 is 34.8 Å². The maximum atomic E-state index is 12.1. The summed E-state index contributed by atoms with van der Waals surface area (Å²) >= 11 is 17.8. The van der Waals surface area contributed by atoms with Gasteiger partial charge in [0, 0.05) is 13.6 Å². The van der Waals surface area contributed by atoms with Crippen molar-refractivity contribution >= 4 is 40.7 Å². The average molecular weight is 359 g/mol. The van der Waals surface area contributed by atoms with E-state index >= 15 is 0 Å². The van der Waals surface area contributed by atoms with E-state index in [1.807, 2.05) is 6.07 Å². The Hall–Kier alpha value is -1.42. The molecule has 22 heavy (non-hydrogen) atoms. The van der Waals surface area contributed by atoms with Gasteiger partial charge in [0.05, 0.1) is 15.1 Å². The van der Waals surface area contributed by atoms with Gasteiger partial charge in [-0.25, -0.2) is 0 Å². The van der Waals surface area contributed by atoms with E-state index in [-0.39, 0.29) is 12.5 Å². The Morgan fingerprint density at radius 2 is 1.77 bits per heavy atom. The second kappa shape index (κ2) is 7.73. The van der Waals surface area contributed by atoms with E-state index in [4.69, 9.17) is 39.5 Å². The van der Waals surface area contributed by atoms with Crippen LogP contribution in [-0.4, -0.2) is 24.5 Å². The van der Waals surface area contributed by atoms with Crippen LogP contribution in [0.1, 0.15) is 5.56 Å². The predicted octanol–water partition coefficient (Wildman–Crippen LogP) is 4.68. The first kappa shape index (κ1) is 16.9. The van der Waals surface area contributed by atoms with Gasteiger partial charge in [-0.15, -0.1) is 0 Å². The molecule has 0 saturated carbocycles. The third-order valence-corrected chi connectivity index (χ3v) is 4.07. The number of hydrogen-bond acceptors (Lipinski definition) is 2. The highest BCUT2D eigenvalue weighted by atomic mass is 35.5. The molecule has 0 aliphatic carbocycles. The summed E-state index contributed by atoms with van der Waals surface area (Å²) in [6, 6.07) is 12.3. The second-order valence-electron chi connectivity index (χ2n) is 4.72. The number of hydrogen-bond donors (Lipinski definition) is 0. The zero-order valence-corrected chi connectivity index (χ0v) is 14.1. The summed E-state index contributed by atoms with van der Waals surface area (Å²) in [5.41, 5.74) is 0.892. The van der Waals surface area contributed by atoms with Crippen molar-refractivity contribution in [2.24, 2.45) is 0 Å². The normalized spacial score (nSPS) is 10.4. The lowest BCUT2D eigenvalue weighted by Gasteiger charge is -2.18. The van der Waals surface area contributed by atoms with Crippen LogP contribution in [0.3, 0.4) is 0 Å². The number of nitrogens with zero attached hydrogens (tertiary/aromatic N) is 1. The Labute approximate surface area is 144 Å².